The van der Waals surface area contributed by atoms with Crippen LogP contribution < -0.4 is 5.32 Å². The molecule has 0 saturated heterocycles. The van der Waals surface area contributed by atoms with Gasteiger partial charge < -0.3 is 9.88 Å². The SMILES string of the molecule is O=C(Nc1cccc2cccnc12)c1cn(Cc2ccccc2)c2ccccc12. The average Bonchev–Trinajstić information content (AvgIpc) is 3.13. The number of carbonyl (C=O) groups excluding carboxylic acids is 1. The third-order valence-electron chi connectivity index (χ3n) is 5.11. The number of anilines is 1. The number of carbonyl (C=O) groups is 1. The monoisotopic (exact) mass is 377 g/mol. The minimum Gasteiger partial charge on any atom is -0.342 e. The first-order valence-electron chi connectivity index (χ1n) is 9.56. The summed E-state index contributed by atoms with van der Waals surface area (Å²) in [6, 6.07) is 28.0. The Morgan fingerprint density at radius 3 is 2.55 bits per heavy atom. The number of benzene rings is 3. The number of nitrogens with one attached hydrogen (secondary N) is 1. The third kappa shape index (κ3) is 3.25. The van der Waals surface area contributed by atoms with Crippen molar-refractivity contribution in [2.75, 3.05) is 5.32 Å². The maximum absolute atomic E-state index is 13.2. The Labute approximate surface area is 168 Å². The molecule has 0 fully saturated rings. The van der Waals surface area contributed by atoms with Crippen LogP contribution in [0, 0.1) is 0 Å². The van der Waals surface area contributed by atoms with Crippen molar-refractivity contribution < 1.29 is 4.79 Å². The van der Waals surface area contributed by atoms with Crippen LogP contribution in [0.2, 0.25) is 0 Å². The molecule has 5 aromatic rings. The molecule has 0 bridgehead atoms. The number of amides is 1. The Morgan fingerprint density at radius 2 is 1.66 bits per heavy atom. The molecule has 4 heteroatoms. The lowest BCUT2D eigenvalue weighted by molar-refractivity contribution is 0.102. The highest BCUT2D eigenvalue weighted by atomic mass is 16.1. The molecule has 0 aliphatic heterocycles. The van der Waals surface area contributed by atoms with Crippen LogP contribution in [-0.2, 0) is 6.54 Å². The number of para-hydroxylation sites is 2. The van der Waals surface area contributed by atoms with E-state index in [4.69, 9.17) is 0 Å². The van der Waals surface area contributed by atoms with Crippen LogP contribution >= 0.6 is 0 Å². The smallest absolute Gasteiger partial charge is 0.257 e. The van der Waals surface area contributed by atoms with Crippen LogP contribution in [0.3, 0.4) is 0 Å². The Hall–Kier alpha value is -3.92. The molecule has 0 radical (unpaired) electrons. The van der Waals surface area contributed by atoms with Gasteiger partial charge in [-0.1, -0.05) is 66.7 Å². The summed E-state index contributed by atoms with van der Waals surface area (Å²) in [4.78, 5) is 17.6. The fourth-order valence-corrected chi connectivity index (χ4v) is 3.73. The van der Waals surface area contributed by atoms with Crippen molar-refractivity contribution in [1.82, 2.24) is 9.55 Å². The highest BCUT2D eigenvalue weighted by Gasteiger charge is 2.16. The van der Waals surface area contributed by atoms with Gasteiger partial charge in [-0.2, -0.15) is 0 Å². The predicted molar refractivity (Wildman–Crippen MR) is 117 cm³/mol. The quantitative estimate of drug-likeness (QED) is 0.450. The molecule has 29 heavy (non-hydrogen) atoms. The highest BCUT2D eigenvalue weighted by molar-refractivity contribution is 6.14. The third-order valence-corrected chi connectivity index (χ3v) is 5.11. The number of nitrogens with zero attached hydrogens (tertiary/aromatic N) is 2. The number of fused-ring (bicyclic) bond motifs is 2. The molecule has 5 rings (SSSR count). The molecule has 0 aliphatic rings. The van der Waals surface area contributed by atoms with Crippen molar-refractivity contribution in [3.8, 4) is 0 Å². The summed E-state index contributed by atoms with van der Waals surface area (Å²) in [6.07, 6.45) is 3.68. The second-order valence-corrected chi connectivity index (χ2v) is 7.01. The first-order chi connectivity index (χ1) is 14.3. The van der Waals surface area contributed by atoms with Gasteiger partial charge in [0.1, 0.15) is 0 Å². The lowest BCUT2D eigenvalue weighted by Crippen LogP contribution is -2.12. The first kappa shape index (κ1) is 17.2. The van der Waals surface area contributed by atoms with Crippen molar-refractivity contribution in [2.45, 2.75) is 6.54 Å². The molecule has 0 aliphatic carbocycles. The summed E-state index contributed by atoms with van der Waals surface area (Å²) in [7, 11) is 0. The minimum atomic E-state index is -0.133. The van der Waals surface area contributed by atoms with E-state index in [1.165, 1.54) is 5.56 Å². The van der Waals surface area contributed by atoms with E-state index in [1.54, 1.807) is 6.20 Å². The summed E-state index contributed by atoms with van der Waals surface area (Å²) in [5.41, 5.74) is 4.39. The number of rotatable bonds is 4. The molecule has 4 nitrogen and oxygen atoms in total. The molecular weight excluding hydrogens is 358 g/mol. The van der Waals surface area contributed by atoms with Crippen LogP contribution in [-0.4, -0.2) is 15.5 Å². The Kier molecular flexibility index (Phi) is 4.30. The predicted octanol–water partition coefficient (Wildman–Crippen LogP) is 5.49. The number of pyridine rings is 1. The van der Waals surface area contributed by atoms with Crippen LogP contribution in [0.1, 0.15) is 15.9 Å². The van der Waals surface area contributed by atoms with Crippen LogP contribution in [0.15, 0.2) is 97.3 Å². The normalized spacial score (nSPS) is 11.0. The molecule has 1 amide bonds. The molecule has 0 unspecified atom stereocenters. The van der Waals surface area contributed by atoms with Gasteiger partial charge in [-0.3, -0.25) is 9.78 Å². The van der Waals surface area contributed by atoms with Crippen molar-refractivity contribution in [2.24, 2.45) is 0 Å². The molecule has 3 aromatic carbocycles. The Balaban J connectivity index is 1.53. The lowest BCUT2D eigenvalue weighted by atomic mass is 10.1. The number of hydrogen-bond acceptors (Lipinski definition) is 2. The summed E-state index contributed by atoms with van der Waals surface area (Å²) in [5, 5.41) is 4.99. The molecule has 2 aromatic heterocycles. The van der Waals surface area contributed by atoms with Gasteiger partial charge in [0.25, 0.3) is 5.91 Å². The zero-order valence-electron chi connectivity index (χ0n) is 15.7. The second kappa shape index (κ2) is 7.24. The van der Waals surface area contributed by atoms with Gasteiger partial charge >= 0.3 is 0 Å². The topological polar surface area (TPSA) is 46.9 Å². The average molecular weight is 377 g/mol. The van der Waals surface area contributed by atoms with Crippen molar-refractivity contribution in [3.05, 3.63) is 108 Å². The molecular formula is C25H19N3O. The first-order valence-corrected chi connectivity index (χ1v) is 9.56. The summed E-state index contributed by atoms with van der Waals surface area (Å²) in [6.45, 7) is 0.713. The molecule has 140 valence electrons. The van der Waals surface area contributed by atoms with Gasteiger partial charge in [0, 0.05) is 35.2 Å². The molecule has 0 spiro atoms. The van der Waals surface area contributed by atoms with E-state index in [2.05, 4.69) is 33.1 Å². The van der Waals surface area contributed by atoms with Gasteiger partial charge in [0.15, 0.2) is 0 Å². The van der Waals surface area contributed by atoms with Gasteiger partial charge in [-0.05, 0) is 23.8 Å². The Morgan fingerprint density at radius 1 is 0.862 bits per heavy atom. The van der Waals surface area contributed by atoms with Gasteiger partial charge in [0.2, 0.25) is 0 Å². The van der Waals surface area contributed by atoms with E-state index in [0.717, 1.165) is 21.8 Å². The molecule has 2 heterocycles. The molecule has 0 atom stereocenters. The minimum absolute atomic E-state index is 0.133. The van der Waals surface area contributed by atoms with E-state index < -0.39 is 0 Å². The zero-order valence-corrected chi connectivity index (χ0v) is 15.7. The second-order valence-electron chi connectivity index (χ2n) is 7.01. The lowest BCUT2D eigenvalue weighted by Gasteiger charge is -2.07. The van der Waals surface area contributed by atoms with E-state index in [9.17, 15) is 4.79 Å². The summed E-state index contributed by atoms with van der Waals surface area (Å²) >= 11 is 0. The van der Waals surface area contributed by atoms with Gasteiger partial charge in [0.05, 0.1) is 16.8 Å². The zero-order chi connectivity index (χ0) is 19.6. The maximum atomic E-state index is 13.2. The van der Waals surface area contributed by atoms with Gasteiger partial charge in [-0.15, -0.1) is 0 Å². The van der Waals surface area contributed by atoms with Crippen molar-refractivity contribution >= 4 is 33.4 Å². The molecule has 0 saturated carbocycles. The van der Waals surface area contributed by atoms with E-state index in [1.807, 2.05) is 72.9 Å². The highest BCUT2D eigenvalue weighted by Crippen LogP contribution is 2.25. The number of hydrogen-bond donors (Lipinski definition) is 1. The number of aromatic nitrogens is 2. The van der Waals surface area contributed by atoms with Gasteiger partial charge in [-0.25, -0.2) is 0 Å². The van der Waals surface area contributed by atoms with Crippen LogP contribution in [0.5, 0.6) is 0 Å². The Bertz CT molecular complexity index is 1320. The molecule has 1 N–H and O–H groups in total. The van der Waals surface area contributed by atoms with E-state index in [-0.39, 0.29) is 5.91 Å². The maximum Gasteiger partial charge on any atom is 0.257 e. The largest absolute Gasteiger partial charge is 0.342 e. The standard InChI is InChI=1S/C25H19N3O/c29-25(27-22-13-6-10-19-11-7-15-26-24(19)22)21-17-28(16-18-8-2-1-3-9-18)23-14-5-4-12-20(21)23/h1-15,17H,16H2,(H,27,29). The van der Waals surface area contributed by atoms with E-state index >= 15 is 0 Å². The summed E-state index contributed by atoms with van der Waals surface area (Å²) < 4.78 is 2.13. The summed E-state index contributed by atoms with van der Waals surface area (Å²) in [5.74, 6) is -0.133. The fraction of sp³-hybridized carbons (Fsp3) is 0.0400. The van der Waals surface area contributed by atoms with Crippen molar-refractivity contribution in [1.29, 1.82) is 0 Å². The van der Waals surface area contributed by atoms with E-state index in [0.29, 0.717) is 17.8 Å². The fourth-order valence-electron chi connectivity index (χ4n) is 3.73. The van der Waals surface area contributed by atoms with Crippen LogP contribution in [0.4, 0.5) is 5.69 Å². The van der Waals surface area contributed by atoms with Crippen LogP contribution in [0.25, 0.3) is 21.8 Å². The van der Waals surface area contributed by atoms with Crippen molar-refractivity contribution in [3.63, 3.8) is 0 Å².